The Bertz CT molecular complexity index is 181. The fraction of sp³-hybridized carbons (Fsp3) is 1.00. The van der Waals surface area contributed by atoms with Gasteiger partial charge < -0.3 is 15.2 Å². The second-order valence-corrected chi connectivity index (χ2v) is 5.79. The monoisotopic (exact) mass is 215 g/mol. The number of aliphatic hydroxyl groups is 1. The fourth-order valence-corrected chi connectivity index (χ4v) is 1.95. The molecule has 1 fully saturated rings. The zero-order valence-corrected chi connectivity index (χ0v) is 10.3. The van der Waals surface area contributed by atoms with Crippen LogP contribution in [0, 0.1) is 5.41 Å². The molecule has 2 N–H and O–H groups in total. The summed E-state index contributed by atoms with van der Waals surface area (Å²) in [7, 11) is 0. The molecule has 0 aliphatic carbocycles. The third-order valence-corrected chi connectivity index (χ3v) is 3.07. The molecule has 15 heavy (non-hydrogen) atoms. The van der Waals surface area contributed by atoms with Crippen LogP contribution in [0.1, 0.15) is 40.0 Å². The van der Waals surface area contributed by atoms with E-state index in [1.54, 1.807) is 0 Å². The summed E-state index contributed by atoms with van der Waals surface area (Å²) in [6.07, 6.45) is 2.98. The van der Waals surface area contributed by atoms with Gasteiger partial charge in [-0.25, -0.2) is 0 Å². The minimum atomic E-state index is 0.0417. The van der Waals surface area contributed by atoms with Crippen molar-refractivity contribution < 1.29 is 9.84 Å². The summed E-state index contributed by atoms with van der Waals surface area (Å²) >= 11 is 0. The van der Waals surface area contributed by atoms with Gasteiger partial charge in [0.05, 0.1) is 6.61 Å². The summed E-state index contributed by atoms with van der Waals surface area (Å²) in [5, 5.41) is 12.6. The highest BCUT2D eigenvalue weighted by Gasteiger charge is 2.33. The van der Waals surface area contributed by atoms with E-state index in [1.807, 2.05) is 0 Å². The number of hydrogen-bond acceptors (Lipinski definition) is 3. The maximum Gasteiger partial charge on any atom is 0.0650 e. The van der Waals surface area contributed by atoms with Gasteiger partial charge >= 0.3 is 0 Å². The molecular formula is C12H25NO2. The lowest BCUT2D eigenvalue weighted by Crippen LogP contribution is -2.47. The van der Waals surface area contributed by atoms with Crippen molar-refractivity contribution in [2.24, 2.45) is 5.41 Å². The van der Waals surface area contributed by atoms with Crippen LogP contribution in [0.5, 0.6) is 0 Å². The van der Waals surface area contributed by atoms with Crippen molar-refractivity contribution in [2.45, 2.75) is 45.6 Å². The molecule has 0 aromatic carbocycles. The van der Waals surface area contributed by atoms with Crippen molar-refractivity contribution in [2.75, 3.05) is 26.4 Å². The highest BCUT2D eigenvalue weighted by atomic mass is 16.5. The minimum absolute atomic E-state index is 0.0417. The first-order valence-corrected chi connectivity index (χ1v) is 5.91. The predicted molar refractivity (Wildman–Crippen MR) is 61.9 cm³/mol. The molecule has 0 spiro atoms. The number of nitrogens with one attached hydrogen (secondary N) is 1. The zero-order chi connectivity index (χ0) is 11.4. The Hall–Kier alpha value is -0.120. The van der Waals surface area contributed by atoms with Crippen molar-refractivity contribution in [3.05, 3.63) is 0 Å². The normalized spacial score (nSPS) is 27.2. The van der Waals surface area contributed by atoms with Crippen molar-refractivity contribution in [3.8, 4) is 0 Å². The van der Waals surface area contributed by atoms with Gasteiger partial charge in [0.15, 0.2) is 0 Å². The van der Waals surface area contributed by atoms with Crippen LogP contribution < -0.4 is 5.32 Å². The van der Waals surface area contributed by atoms with Gasteiger partial charge in [-0.2, -0.15) is 0 Å². The molecule has 0 amide bonds. The van der Waals surface area contributed by atoms with Crippen LogP contribution in [-0.4, -0.2) is 37.0 Å². The van der Waals surface area contributed by atoms with E-state index in [4.69, 9.17) is 9.84 Å². The van der Waals surface area contributed by atoms with E-state index in [9.17, 15) is 0 Å². The summed E-state index contributed by atoms with van der Waals surface area (Å²) in [4.78, 5) is 0. The molecule has 1 aliphatic rings. The minimum Gasteiger partial charge on any atom is -0.396 e. The van der Waals surface area contributed by atoms with Gasteiger partial charge in [0.2, 0.25) is 0 Å². The summed E-state index contributed by atoms with van der Waals surface area (Å²) in [6.45, 7) is 9.56. The smallest absolute Gasteiger partial charge is 0.0650 e. The topological polar surface area (TPSA) is 41.5 Å². The Balaban J connectivity index is 2.32. The summed E-state index contributed by atoms with van der Waals surface area (Å²) < 4.78 is 5.42. The van der Waals surface area contributed by atoms with Gasteiger partial charge in [-0.05, 0) is 31.2 Å². The van der Waals surface area contributed by atoms with Crippen molar-refractivity contribution in [1.29, 1.82) is 0 Å². The van der Waals surface area contributed by atoms with Crippen LogP contribution in [-0.2, 0) is 4.74 Å². The first kappa shape index (κ1) is 12.9. The van der Waals surface area contributed by atoms with Gasteiger partial charge in [-0.15, -0.1) is 0 Å². The average Bonchev–Trinajstić information content (AvgIpc) is 2.52. The van der Waals surface area contributed by atoms with E-state index in [-0.39, 0.29) is 12.1 Å². The molecule has 1 aliphatic heterocycles. The van der Waals surface area contributed by atoms with Crippen molar-refractivity contribution in [3.63, 3.8) is 0 Å². The van der Waals surface area contributed by atoms with E-state index in [1.165, 1.54) is 0 Å². The van der Waals surface area contributed by atoms with Crippen LogP contribution >= 0.6 is 0 Å². The lowest BCUT2D eigenvalue weighted by Gasteiger charge is -2.30. The standard InChI is InChI=1S/C12H25NO2/c1-11(2,3)4-7-13-12(5-8-14)6-9-15-10-12/h13-14H,4-10H2,1-3H3/t12-/m0/s1. The number of aliphatic hydroxyl groups excluding tert-OH is 1. The molecule has 0 unspecified atom stereocenters. The number of ether oxygens (including phenoxy) is 1. The molecule has 0 aromatic heterocycles. The maximum absolute atomic E-state index is 9.06. The molecule has 90 valence electrons. The SMILES string of the molecule is CC(C)(C)CCN[C@@]1(CCO)CCOC1. The van der Waals surface area contributed by atoms with Crippen LogP contribution in [0.4, 0.5) is 0 Å². The molecule has 1 atom stereocenters. The lowest BCUT2D eigenvalue weighted by molar-refractivity contribution is 0.144. The van der Waals surface area contributed by atoms with E-state index in [0.717, 1.165) is 39.0 Å². The Morgan fingerprint density at radius 1 is 1.40 bits per heavy atom. The van der Waals surface area contributed by atoms with Crippen LogP contribution in [0.3, 0.4) is 0 Å². The summed E-state index contributed by atoms with van der Waals surface area (Å²) in [5.74, 6) is 0. The third kappa shape index (κ3) is 4.49. The Morgan fingerprint density at radius 2 is 2.13 bits per heavy atom. The summed E-state index contributed by atoms with van der Waals surface area (Å²) in [6, 6.07) is 0. The molecule has 0 aromatic rings. The van der Waals surface area contributed by atoms with Crippen LogP contribution in [0.15, 0.2) is 0 Å². The zero-order valence-electron chi connectivity index (χ0n) is 10.3. The van der Waals surface area contributed by atoms with E-state index in [0.29, 0.717) is 5.41 Å². The molecule has 3 nitrogen and oxygen atoms in total. The highest BCUT2D eigenvalue weighted by Crippen LogP contribution is 2.24. The largest absolute Gasteiger partial charge is 0.396 e. The molecule has 0 radical (unpaired) electrons. The van der Waals surface area contributed by atoms with Gasteiger partial charge in [0, 0.05) is 18.8 Å². The second-order valence-electron chi connectivity index (χ2n) is 5.79. The van der Waals surface area contributed by atoms with Crippen LogP contribution in [0.2, 0.25) is 0 Å². The molecule has 1 saturated heterocycles. The predicted octanol–water partition coefficient (Wildman–Crippen LogP) is 1.55. The lowest BCUT2D eigenvalue weighted by atomic mass is 9.90. The van der Waals surface area contributed by atoms with Crippen LogP contribution in [0.25, 0.3) is 0 Å². The van der Waals surface area contributed by atoms with E-state index >= 15 is 0 Å². The molecule has 0 bridgehead atoms. The fourth-order valence-electron chi connectivity index (χ4n) is 1.95. The van der Waals surface area contributed by atoms with Crippen molar-refractivity contribution >= 4 is 0 Å². The quantitative estimate of drug-likeness (QED) is 0.731. The molecule has 1 rings (SSSR count). The van der Waals surface area contributed by atoms with Gasteiger partial charge in [-0.1, -0.05) is 20.8 Å². The molecule has 3 heteroatoms. The second kappa shape index (κ2) is 5.28. The third-order valence-electron chi connectivity index (χ3n) is 3.07. The first-order valence-electron chi connectivity index (χ1n) is 5.91. The van der Waals surface area contributed by atoms with Gasteiger partial charge in [0.25, 0.3) is 0 Å². The Morgan fingerprint density at radius 3 is 2.60 bits per heavy atom. The van der Waals surface area contributed by atoms with Crippen molar-refractivity contribution in [1.82, 2.24) is 5.32 Å². The number of rotatable bonds is 5. The van der Waals surface area contributed by atoms with E-state index < -0.39 is 0 Å². The molecule has 1 heterocycles. The van der Waals surface area contributed by atoms with Gasteiger partial charge in [-0.3, -0.25) is 0 Å². The molecular weight excluding hydrogens is 190 g/mol. The van der Waals surface area contributed by atoms with Gasteiger partial charge in [0.1, 0.15) is 0 Å². The Labute approximate surface area is 93.2 Å². The molecule has 0 saturated carbocycles. The first-order chi connectivity index (χ1) is 6.97. The highest BCUT2D eigenvalue weighted by molar-refractivity contribution is 4.91. The Kier molecular flexibility index (Phi) is 4.56. The number of hydrogen-bond donors (Lipinski definition) is 2. The summed E-state index contributed by atoms with van der Waals surface area (Å²) in [5.41, 5.74) is 0.410. The van der Waals surface area contributed by atoms with E-state index in [2.05, 4.69) is 26.1 Å². The average molecular weight is 215 g/mol. The maximum atomic E-state index is 9.06.